The van der Waals surface area contributed by atoms with Gasteiger partial charge in [0.05, 0.1) is 13.1 Å². The van der Waals surface area contributed by atoms with Gasteiger partial charge >= 0.3 is 6.03 Å². The van der Waals surface area contributed by atoms with E-state index in [2.05, 4.69) is 22.8 Å². The zero-order valence-corrected chi connectivity index (χ0v) is 15.4. The Morgan fingerprint density at radius 2 is 1.96 bits per heavy atom. The average Bonchev–Trinajstić information content (AvgIpc) is 3.07. The number of rotatable bonds is 7. The van der Waals surface area contributed by atoms with E-state index < -0.39 is 6.03 Å². The molecule has 1 aromatic carbocycles. The quantitative estimate of drug-likeness (QED) is 0.743. The molecule has 0 bridgehead atoms. The third-order valence-corrected chi connectivity index (χ3v) is 4.90. The number of carbonyl (C=O) groups is 2. The molecule has 0 radical (unpaired) electrons. The van der Waals surface area contributed by atoms with Crippen LogP contribution in [-0.4, -0.2) is 36.7 Å². The number of thiophene rings is 1. The van der Waals surface area contributed by atoms with Gasteiger partial charge in [0.2, 0.25) is 5.91 Å². The van der Waals surface area contributed by atoms with Crippen molar-refractivity contribution in [3.8, 4) is 0 Å². The second kappa shape index (κ2) is 9.46. The standard InChI is InChI=1S/C17H21N3O2S2/c1-20(11-13-5-7-14(23-2)8-6-13)12-16(21)19-17(22)18-10-15-4-3-9-24-15/h3-9H,10-12H2,1-2H3,(H2,18,19,21,22). The SMILES string of the molecule is CSc1ccc(CN(C)CC(=O)NC(=O)NCc2cccs2)cc1. The lowest BCUT2D eigenvalue weighted by atomic mass is 10.2. The van der Waals surface area contributed by atoms with Crippen molar-refractivity contribution in [1.82, 2.24) is 15.5 Å². The van der Waals surface area contributed by atoms with Gasteiger partial charge in [-0.1, -0.05) is 18.2 Å². The molecular weight excluding hydrogens is 342 g/mol. The molecule has 0 spiro atoms. The first-order valence-electron chi connectivity index (χ1n) is 7.48. The van der Waals surface area contributed by atoms with E-state index in [4.69, 9.17) is 0 Å². The fourth-order valence-electron chi connectivity index (χ4n) is 2.13. The van der Waals surface area contributed by atoms with Crippen LogP contribution in [0.4, 0.5) is 4.79 Å². The molecule has 24 heavy (non-hydrogen) atoms. The first-order chi connectivity index (χ1) is 11.6. The Kier molecular flexibility index (Phi) is 7.30. The van der Waals surface area contributed by atoms with Gasteiger partial charge in [0.25, 0.3) is 0 Å². The molecule has 0 saturated heterocycles. The topological polar surface area (TPSA) is 61.4 Å². The van der Waals surface area contributed by atoms with Crippen LogP contribution in [0, 0.1) is 0 Å². The minimum absolute atomic E-state index is 0.163. The van der Waals surface area contributed by atoms with Crippen molar-refractivity contribution in [2.24, 2.45) is 0 Å². The van der Waals surface area contributed by atoms with E-state index in [0.717, 1.165) is 10.4 Å². The van der Waals surface area contributed by atoms with Crippen LogP contribution < -0.4 is 10.6 Å². The zero-order chi connectivity index (χ0) is 17.4. The van der Waals surface area contributed by atoms with Crippen molar-refractivity contribution >= 4 is 35.0 Å². The Balaban J connectivity index is 1.71. The molecule has 2 aromatic rings. The van der Waals surface area contributed by atoms with Gasteiger partial charge in [0, 0.05) is 16.3 Å². The molecule has 1 aromatic heterocycles. The number of benzene rings is 1. The van der Waals surface area contributed by atoms with Crippen molar-refractivity contribution in [2.75, 3.05) is 19.8 Å². The molecule has 0 aliphatic carbocycles. The van der Waals surface area contributed by atoms with Gasteiger partial charge in [-0.3, -0.25) is 15.0 Å². The molecule has 0 aliphatic rings. The molecular formula is C17H21N3O2S2. The van der Waals surface area contributed by atoms with Crippen molar-refractivity contribution in [2.45, 2.75) is 18.0 Å². The molecule has 2 N–H and O–H groups in total. The van der Waals surface area contributed by atoms with Gasteiger partial charge in [0.15, 0.2) is 0 Å². The highest BCUT2D eigenvalue weighted by Gasteiger charge is 2.11. The molecule has 0 unspecified atom stereocenters. The van der Waals surface area contributed by atoms with Crippen LogP contribution in [-0.2, 0) is 17.9 Å². The predicted octanol–water partition coefficient (Wildman–Crippen LogP) is 2.93. The van der Waals surface area contributed by atoms with Gasteiger partial charge in [-0.2, -0.15) is 0 Å². The van der Waals surface area contributed by atoms with Crippen LogP contribution in [0.1, 0.15) is 10.4 Å². The lowest BCUT2D eigenvalue weighted by Gasteiger charge is -2.16. The number of imide groups is 1. The average molecular weight is 364 g/mol. The smallest absolute Gasteiger partial charge is 0.321 e. The summed E-state index contributed by atoms with van der Waals surface area (Å²) in [5.41, 5.74) is 1.13. The zero-order valence-electron chi connectivity index (χ0n) is 13.7. The Morgan fingerprint density at radius 1 is 1.21 bits per heavy atom. The van der Waals surface area contributed by atoms with Crippen molar-refractivity contribution in [1.29, 1.82) is 0 Å². The van der Waals surface area contributed by atoms with Gasteiger partial charge < -0.3 is 5.32 Å². The number of carbonyl (C=O) groups excluding carboxylic acids is 2. The van der Waals surface area contributed by atoms with Gasteiger partial charge in [-0.25, -0.2) is 4.79 Å². The molecule has 2 rings (SSSR count). The van der Waals surface area contributed by atoms with Crippen molar-refractivity contribution in [3.05, 3.63) is 52.2 Å². The van der Waals surface area contributed by atoms with E-state index in [1.807, 2.05) is 47.8 Å². The number of hydrogen-bond donors (Lipinski definition) is 2. The van der Waals surface area contributed by atoms with E-state index in [1.54, 1.807) is 23.1 Å². The summed E-state index contributed by atoms with van der Waals surface area (Å²) in [6.45, 7) is 1.24. The van der Waals surface area contributed by atoms with Crippen LogP contribution in [0.25, 0.3) is 0 Å². The molecule has 3 amide bonds. The maximum Gasteiger partial charge on any atom is 0.321 e. The molecule has 5 nitrogen and oxygen atoms in total. The number of nitrogens with one attached hydrogen (secondary N) is 2. The van der Waals surface area contributed by atoms with E-state index in [-0.39, 0.29) is 12.5 Å². The van der Waals surface area contributed by atoms with Gasteiger partial charge in [0.1, 0.15) is 0 Å². The molecule has 0 aliphatic heterocycles. The molecule has 0 atom stereocenters. The second-order valence-electron chi connectivity index (χ2n) is 5.33. The Hall–Kier alpha value is -1.83. The highest BCUT2D eigenvalue weighted by molar-refractivity contribution is 7.98. The fraction of sp³-hybridized carbons (Fsp3) is 0.294. The number of hydrogen-bond acceptors (Lipinski definition) is 5. The van der Waals surface area contributed by atoms with Gasteiger partial charge in [-0.05, 0) is 42.4 Å². The third kappa shape index (κ3) is 6.35. The first-order valence-corrected chi connectivity index (χ1v) is 9.59. The van der Waals surface area contributed by atoms with Crippen LogP contribution in [0.3, 0.4) is 0 Å². The van der Waals surface area contributed by atoms with Crippen LogP contribution >= 0.6 is 23.1 Å². The Bertz CT molecular complexity index is 657. The van der Waals surface area contributed by atoms with Crippen molar-refractivity contribution < 1.29 is 9.59 Å². The number of thioether (sulfide) groups is 1. The number of amides is 3. The largest absolute Gasteiger partial charge is 0.333 e. The molecule has 7 heteroatoms. The fourth-order valence-corrected chi connectivity index (χ4v) is 3.19. The summed E-state index contributed by atoms with van der Waals surface area (Å²) < 4.78 is 0. The monoisotopic (exact) mass is 363 g/mol. The summed E-state index contributed by atoms with van der Waals surface area (Å²) in [5, 5.41) is 6.96. The number of urea groups is 1. The highest BCUT2D eigenvalue weighted by atomic mass is 32.2. The second-order valence-corrected chi connectivity index (χ2v) is 7.24. The minimum Gasteiger partial charge on any atom is -0.333 e. The van der Waals surface area contributed by atoms with E-state index in [9.17, 15) is 9.59 Å². The van der Waals surface area contributed by atoms with E-state index in [0.29, 0.717) is 13.1 Å². The maximum atomic E-state index is 11.9. The summed E-state index contributed by atoms with van der Waals surface area (Å²) in [6.07, 6.45) is 2.04. The highest BCUT2D eigenvalue weighted by Crippen LogP contribution is 2.15. The summed E-state index contributed by atoms with van der Waals surface area (Å²) in [7, 11) is 1.85. The molecule has 0 fully saturated rings. The Morgan fingerprint density at radius 3 is 2.58 bits per heavy atom. The van der Waals surface area contributed by atoms with Crippen LogP contribution in [0.5, 0.6) is 0 Å². The lowest BCUT2D eigenvalue weighted by molar-refractivity contribution is -0.120. The molecule has 128 valence electrons. The van der Waals surface area contributed by atoms with E-state index in [1.165, 1.54) is 4.90 Å². The number of nitrogens with zero attached hydrogens (tertiary/aromatic N) is 1. The maximum absolute atomic E-state index is 11.9. The minimum atomic E-state index is -0.467. The van der Waals surface area contributed by atoms with Crippen LogP contribution in [0.2, 0.25) is 0 Å². The summed E-state index contributed by atoms with van der Waals surface area (Å²) in [6, 6.07) is 11.6. The summed E-state index contributed by atoms with van der Waals surface area (Å²) >= 11 is 3.26. The number of likely N-dealkylation sites (N-methyl/N-ethyl adjacent to an activating group) is 1. The van der Waals surface area contributed by atoms with E-state index >= 15 is 0 Å². The summed E-state index contributed by atoms with van der Waals surface area (Å²) in [5.74, 6) is -0.318. The first kappa shape index (κ1) is 18.5. The van der Waals surface area contributed by atoms with Crippen LogP contribution in [0.15, 0.2) is 46.7 Å². The molecule has 1 heterocycles. The van der Waals surface area contributed by atoms with Crippen molar-refractivity contribution in [3.63, 3.8) is 0 Å². The molecule has 0 saturated carbocycles. The Labute approximate surface area is 150 Å². The lowest BCUT2D eigenvalue weighted by Crippen LogP contribution is -2.43. The van der Waals surface area contributed by atoms with Gasteiger partial charge in [-0.15, -0.1) is 23.1 Å². The normalized spacial score (nSPS) is 10.6. The predicted molar refractivity (Wildman–Crippen MR) is 99.3 cm³/mol. The third-order valence-electron chi connectivity index (χ3n) is 3.28. The summed E-state index contributed by atoms with van der Waals surface area (Å²) in [4.78, 5) is 27.7.